The molecular weight excluding hydrogens is 350 g/mol. The lowest BCUT2D eigenvalue weighted by Crippen LogP contribution is -2.56. The lowest BCUT2D eigenvalue weighted by atomic mass is 9.85. The average molecular weight is 382 g/mol. The van der Waals surface area contributed by atoms with Gasteiger partial charge in [-0.25, -0.2) is 4.98 Å². The van der Waals surface area contributed by atoms with Crippen LogP contribution in [0, 0.1) is 0 Å². The van der Waals surface area contributed by atoms with E-state index in [1.54, 1.807) is 0 Å². The fraction of sp³-hybridized carbons (Fsp3) is 0.455. The van der Waals surface area contributed by atoms with E-state index in [2.05, 4.69) is 51.3 Å². The lowest BCUT2D eigenvalue weighted by molar-refractivity contribution is -0.123. The van der Waals surface area contributed by atoms with Crippen molar-refractivity contribution in [2.75, 3.05) is 38.5 Å². The van der Waals surface area contributed by atoms with Crippen molar-refractivity contribution in [2.24, 2.45) is 0 Å². The molecular formula is C22H31N5O. The highest BCUT2D eigenvalue weighted by molar-refractivity contribution is 5.78. The Labute approximate surface area is 167 Å². The van der Waals surface area contributed by atoms with Crippen molar-refractivity contribution in [3.05, 3.63) is 59.8 Å². The van der Waals surface area contributed by atoms with Crippen LogP contribution in [0.2, 0.25) is 0 Å². The third-order valence-electron chi connectivity index (χ3n) is 5.43. The summed E-state index contributed by atoms with van der Waals surface area (Å²) in [5.41, 5.74) is 7.77. The molecule has 2 heterocycles. The monoisotopic (exact) mass is 381 g/mol. The van der Waals surface area contributed by atoms with E-state index in [0.717, 1.165) is 31.9 Å². The number of anilines is 1. The van der Waals surface area contributed by atoms with Gasteiger partial charge in [0, 0.05) is 32.2 Å². The standard InChI is InChI=1S/C22H31N5O/c1-17(2)24-21(28)16-26-12-14-27(15-13-26)22(3,18-8-5-4-6-9-18)19-10-7-11-20(23)25-19/h4-11,17H,12-16H2,1-3H3,(H2,23,25)(H,24,28). The van der Waals surface area contributed by atoms with Crippen LogP contribution in [0.15, 0.2) is 48.5 Å². The van der Waals surface area contributed by atoms with Crippen LogP contribution in [0.1, 0.15) is 32.0 Å². The number of rotatable bonds is 6. The summed E-state index contributed by atoms with van der Waals surface area (Å²) >= 11 is 0. The van der Waals surface area contributed by atoms with Crippen LogP contribution in [-0.4, -0.2) is 59.5 Å². The normalized spacial score (nSPS) is 18.0. The second-order valence-corrected chi connectivity index (χ2v) is 7.87. The summed E-state index contributed by atoms with van der Waals surface area (Å²) in [6, 6.07) is 16.4. The molecule has 2 aromatic rings. The molecule has 1 aromatic carbocycles. The Kier molecular flexibility index (Phi) is 6.31. The fourth-order valence-corrected chi connectivity index (χ4v) is 3.90. The Morgan fingerprint density at radius 2 is 1.79 bits per heavy atom. The molecule has 1 atom stereocenters. The fourth-order valence-electron chi connectivity index (χ4n) is 3.90. The number of benzene rings is 1. The van der Waals surface area contributed by atoms with Gasteiger partial charge in [0.2, 0.25) is 5.91 Å². The molecule has 1 amide bonds. The van der Waals surface area contributed by atoms with Gasteiger partial charge in [-0.15, -0.1) is 0 Å². The Morgan fingerprint density at radius 3 is 2.39 bits per heavy atom. The minimum Gasteiger partial charge on any atom is -0.384 e. The molecule has 3 N–H and O–H groups in total. The van der Waals surface area contributed by atoms with Crippen molar-refractivity contribution in [3.63, 3.8) is 0 Å². The van der Waals surface area contributed by atoms with Crippen LogP contribution in [0.4, 0.5) is 5.82 Å². The molecule has 0 saturated carbocycles. The van der Waals surface area contributed by atoms with Gasteiger partial charge >= 0.3 is 0 Å². The maximum absolute atomic E-state index is 12.1. The molecule has 150 valence electrons. The first kappa shape index (κ1) is 20.3. The summed E-state index contributed by atoms with van der Waals surface area (Å²) in [5, 5.41) is 2.97. The predicted molar refractivity (Wildman–Crippen MR) is 113 cm³/mol. The number of nitrogens with zero attached hydrogens (tertiary/aromatic N) is 3. The largest absolute Gasteiger partial charge is 0.384 e. The van der Waals surface area contributed by atoms with E-state index < -0.39 is 0 Å². The van der Waals surface area contributed by atoms with E-state index in [9.17, 15) is 4.79 Å². The van der Waals surface area contributed by atoms with Gasteiger partial charge < -0.3 is 11.1 Å². The van der Waals surface area contributed by atoms with Gasteiger partial charge in [0.25, 0.3) is 0 Å². The number of piperazine rings is 1. The molecule has 1 aromatic heterocycles. The Balaban J connectivity index is 1.79. The van der Waals surface area contributed by atoms with Crippen LogP contribution in [0.3, 0.4) is 0 Å². The van der Waals surface area contributed by atoms with Crippen LogP contribution in [0.25, 0.3) is 0 Å². The highest BCUT2D eigenvalue weighted by atomic mass is 16.2. The maximum Gasteiger partial charge on any atom is 0.234 e. The van der Waals surface area contributed by atoms with E-state index in [-0.39, 0.29) is 17.5 Å². The summed E-state index contributed by atoms with van der Waals surface area (Å²) in [7, 11) is 0. The van der Waals surface area contributed by atoms with Crippen molar-refractivity contribution in [1.29, 1.82) is 0 Å². The summed E-state index contributed by atoms with van der Waals surface area (Å²) in [5.74, 6) is 0.621. The molecule has 1 fully saturated rings. The van der Waals surface area contributed by atoms with Gasteiger partial charge in [0.05, 0.1) is 17.8 Å². The first-order valence-electron chi connectivity index (χ1n) is 9.95. The second kappa shape index (κ2) is 8.71. The summed E-state index contributed by atoms with van der Waals surface area (Å²) < 4.78 is 0. The van der Waals surface area contributed by atoms with Crippen LogP contribution in [-0.2, 0) is 10.3 Å². The minimum atomic E-state index is -0.372. The van der Waals surface area contributed by atoms with Gasteiger partial charge in [-0.1, -0.05) is 36.4 Å². The summed E-state index contributed by atoms with van der Waals surface area (Å²) in [6.45, 7) is 10.0. The van der Waals surface area contributed by atoms with E-state index in [1.165, 1.54) is 5.56 Å². The SMILES string of the molecule is CC(C)NC(=O)CN1CCN(C(C)(c2ccccc2)c2cccc(N)n2)CC1. The van der Waals surface area contributed by atoms with Crippen molar-refractivity contribution in [3.8, 4) is 0 Å². The van der Waals surface area contributed by atoms with Gasteiger partial charge in [0.15, 0.2) is 0 Å². The molecule has 0 bridgehead atoms. The second-order valence-electron chi connectivity index (χ2n) is 7.87. The predicted octanol–water partition coefficient (Wildman–Crippen LogP) is 2.07. The molecule has 1 saturated heterocycles. The molecule has 1 aliphatic heterocycles. The third-order valence-corrected chi connectivity index (χ3v) is 5.43. The average Bonchev–Trinajstić information content (AvgIpc) is 2.68. The molecule has 3 rings (SSSR count). The first-order valence-corrected chi connectivity index (χ1v) is 9.95. The number of carbonyl (C=O) groups is 1. The summed E-state index contributed by atoms with van der Waals surface area (Å²) in [4.78, 5) is 21.4. The van der Waals surface area contributed by atoms with E-state index in [1.807, 2.05) is 38.1 Å². The highest BCUT2D eigenvalue weighted by Crippen LogP contribution is 2.35. The highest BCUT2D eigenvalue weighted by Gasteiger charge is 2.38. The van der Waals surface area contributed by atoms with E-state index >= 15 is 0 Å². The van der Waals surface area contributed by atoms with Gasteiger partial charge in [0.1, 0.15) is 5.82 Å². The maximum atomic E-state index is 12.1. The number of carbonyl (C=O) groups excluding carboxylic acids is 1. The van der Waals surface area contributed by atoms with Crippen molar-refractivity contribution in [1.82, 2.24) is 20.1 Å². The Bertz CT molecular complexity index is 787. The molecule has 0 radical (unpaired) electrons. The zero-order chi connectivity index (χ0) is 20.1. The zero-order valence-corrected chi connectivity index (χ0v) is 17.1. The van der Waals surface area contributed by atoms with Gasteiger partial charge in [-0.3, -0.25) is 14.6 Å². The minimum absolute atomic E-state index is 0.0896. The molecule has 0 spiro atoms. The van der Waals surface area contributed by atoms with Crippen LogP contribution >= 0.6 is 0 Å². The molecule has 1 aliphatic rings. The number of aromatic nitrogens is 1. The number of nitrogens with two attached hydrogens (primary N) is 1. The topological polar surface area (TPSA) is 74.5 Å². The number of nitrogens with one attached hydrogen (secondary N) is 1. The van der Waals surface area contributed by atoms with Crippen molar-refractivity contribution < 1.29 is 4.79 Å². The number of nitrogen functional groups attached to an aromatic ring is 1. The lowest BCUT2D eigenvalue weighted by Gasteiger charge is -2.46. The van der Waals surface area contributed by atoms with Crippen molar-refractivity contribution >= 4 is 11.7 Å². The number of hydrogen-bond donors (Lipinski definition) is 2. The quantitative estimate of drug-likeness (QED) is 0.801. The number of hydrogen-bond acceptors (Lipinski definition) is 5. The Morgan fingerprint density at radius 1 is 1.11 bits per heavy atom. The smallest absolute Gasteiger partial charge is 0.234 e. The molecule has 0 aliphatic carbocycles. The van der Waals surface area contributed by atoms with Crippen LogP contribution < -0.4 is 11.1 Å². The first-order chi connectivity index (χ1) is 13.4. The molecule has 1 unspecified atom stereocenters. The molecule has 6 heteroatoms. The molecule has 28 heavy (non-hydrogen) atoms. The van der Waals surface area contributed by atoms with Crippen LogP contribution in [0.5, 0.6) is 0 Å². The Hall–Kier alpha value is -2.44. The number of pyridine rings is 1. The third kappa shape index (κ3) is 4.51. The number of amides is 1. The van der Waals surface area contributed by atoms with E-state index in [4.69, 9.17) is 5.73 Å². The van der Waals surface area contributed by atoms with Gasteiger partial charge in [-0.2, -0.15) is 0 Å². The van der Waals surface area contributed by atoms with Crippen molar-refractivity contribution in [2.45, 2.75) is 32.4 Å². The summed E-state index contributed by atoms with van der Waals surface area (Å²) in [6.07, 6.45) is 0. The zero-order valence-electron chi connectivity index (χ0n) is 17.1. The molecule has 6 nitrogen and oxygen atoms in total. The van der Waals surface area contributed by atoms with Gasteiger partial charge in [-0.05, 0) is 38.5 Å². The van der Waals surface area contributed by atoms with E-state index in [0.29, 0.717) is 12.4 Å².